The highest BCUT2D eigenvalue weighted by Gasteiger charge is 2.37. The fourth-order valence-corrected chi connectivity index (χ4v) is 3.60. The molecule has 9 heteroatoms. The van der Waals surface area contributed by atoms with Gasteiger partial charge in [-0.1, -0.05) is 11.6 Å². The Balaban J connectivity index is 1.67. The molecule has 0 radical (unpaired) electrons. The lowest BCUT2D eigenvalue weighted by atomic mass is 10.1. The molecule has 160 valence electrons. The molecule has 0 unspecified atom stereocenters. The van der Waals surface area contributed by atoms with E-state index in [1.807, 2.05) is 12.1 Å². The van der Waals surface area contributed by atoms with Crippen molar-refractivity contribution < 1.29 is 23.9 Å². The van der Waals surface area contributed by atoms with Gasteiger partial charge in [0, 0.05) is 35.4 Å². The number of nitrogens with one attached hydrogen (secondary N) is 1. The number of anilines is 2. The zero-order valence-electron chi connectivity index (χ0n) is 16.8. The van der Waals surface area contributed by atoms with Crippen LogP contribution in [0.3, 0.4) is 0 Å². The number of hydrogen-bond donors (Lipinski definition) is 1. The predicted octanol–water partition coefficient (Wildman–Crippen LogP) is 2.85. The van der Waals surface area contributed by atoms with Gasteiger partial charge in [-0.15, -0.1) is 0 Å². The van der Waals surface area contributed by atoms with Crippen LogP contribution in [0.2, 0.25) is 5.02 Å². The van der Waals surface area contributed by atoms with Crippen LogP contribution in [-0.2, 0) is 14.3 Å². The minimum absolute atomic E-state index is 0.174. The van der Waals surface area contributed by atoms with Gasteiger partial charge in [0.15, 0.2) is 0 Å². The molecular weight excluding hydrogens is 422 g/mol. The second-order valence-electron chi connectivity index (χ2n) is 6.96. The van der Waals surface area contributed by atoms with Crippen LogP contribution in [-0.4, -0.2) is 51.3 Å². The molecule has 2 saturated heterocycles. The largest absolute Gasteiger partial charge is 0.496 e. The standard InChI is InChI=1S/C22H20ClN3O5/c1-30-19-13-17(25-8-10-31-11-9-25)5-2-14(19)12-18-20(27)24-22(29)26(21(18)28)16-6-3-15(23)4-7-16/h2-7,12-13H,8-11H2,1H3,(H,24,27,29)/b18-12-. The number of rotatable bonds is 4. The maximum Gasteiger partial charge on any atom is 0.335 e. The lowest BCUT2D eigenvalue weighted by Crippen LogP contribution is -2.54. The van der Waals surface area contributed by atoms with Crippen molar-refractivity contribution in [2.24, 2.45) is 0 Å². The number of barbiturate groups is 1. The number of hydrogen-bond acceptors (Lipinski definition) is 6. The van der Waals surface area contributed by atoms with Gasteiger partial charge in [0.2, 0.25) is 0 Å². The second-order valence-corrected chi connectivity index (χ2v) is 7.40. The Kier molecular flexibility index (Phi) is 5.92. The first kappa shape index (κ1) is 20.9. The van der Waals surface area contributed by atoms with Crippen molar-refractivity contribution in [2.75, 3.05) is 43.2 Å². The number of methoxy groups -OCH3 is 1. The molecule has 0 aromatic heterocycles. The number of benzene rings is 2. The zero-order chi connectivity index (χ0) is 22.0. The van der Waals surface area contributed by atoms with Gasteiger partial charge in [-0.3, -0.25) is 14.9 Å². The summed E-state index contributed by atoms with van der Waals surface area (Å²) >= 11 is 5.89. The number of imide groups is 2. The highest BCUT2D eigenvalue weighted by Crippen LogP contribution is 2.30. The third-order valence-corrected chi connectivity index (χ3v) is 5.33. The van der Waals surface area contributed by atoms with Crippen LogP contribution in [0.1, 0.15) is 5.56 Å². The monoisotopic (exact) mass is 441 g/mol. The lowest BCUT2D eigenvalue weighted by Gasteiger charge is -2.29. The van der Waals surface area contributed by atoms with Crippen LogP contribution in [0, 0.1) is 0 Å². The normalized spacial score (nSPS) is 18.4. The van der Waals surface area contributed by atoms with Gasteiger partial charge >= 0.3 is 6.03 Å². The summed E-state index contributed by atoms with van der Waals surface area (Å²) in [6.07, 6.45) is 1.43. The molecule has 0 aliphatic carbocycles. The number of nitrogens with zero attached hydrogens (tertiary/aromatic N) is 2. The van der Waals surface area contributed by atoms with Crippen LogP contribution in [0.15, 0.2) is 48.0 Å². The average Bonchev–Trinajstić information content (AvgIpc) is 2.78. The smallest absolute Gasteiger partial charge is 0.335 e. The first-order valence-electron chi connectivity index (χ1n) is 9.65. The summed E-state index contributed by atoms with van der Waals surface area (Å²) in [6, 6.07) is 10.9. The van der Waals surface area contributed by atoms with Gasteiger partial charge in [-0.25, -0.2) is 9.69 Å². The Morgan fingerprint density at radius 2 is 1.71 bits per heavy atom. The van der Waals surface area contributed by atoms with Gasteiger partial charge in [0.1, 0.15) is 11.3 Å². The van der Waals surface area contributed by atoms with Crippen molar-refractivity contribution in [1.82, 2.24) is 5.32 Å². The Morgan fingerprint density at radius 3 is 2.39 bits per heavy atom. The minimum Gasteiger partial charge on any atom is -0.496 e. The molecule has 0 bridgehead atoms. The van der Waals surface area contributed by atoms with Gasteiger partial charge in [0.25, 0.3) is 11.8 Å². The average molecular weight is 442 g/mol. The molecular formula is C22H20ClN3O5. The molecule has 2 fully saturated rings. The zero-order valence-corrected chi connectivity index (χ0v) is 17.5. The molecule has 2 heterocycles. The van der Waals surface area contributed by atoms with E-state index in [2.05, 4.69) is 10.2 Å². The Hall–Kier alpha value is -3.36. The first-order chi connectivity index (χ1) is 15.0. The molecule has 4 rings (SSSR count). The van der Waals surface area contributed by atoms with Crippen LogP contribution in [0.25, 0.3) is 6.08 Å². The summed E-state index contributed by atoms with van der Waals surface area (Å²) in [5.74, 6) is -0.984. The van der Waals surface area contributed by atoms with Gasteiger partial charge in [-0.2, -0.15) is 0 Å². The van der Waals surface area contributed by atoms with E-state index >= 15 is 0 Å². The third-order valence-electron chi connectivity index (χ3n) is 5.08. The summed E-state index contributed by atoms with van der Waals surface area (Å²) in [5.41, 5.74) is 1.63. The van der Waals surface area contributed by atoms with Crippen LogP contribution in [0.4, 0.5) is 16.2 Å². The number of morpholine rings is 1. The molecule has 31 heavy (non-hydrogen) atoms. The Labute approximate surface area is 184 Å². The highest BCUT2D eigenvalue weighted by atomic mass is 35.5. The Bertz CT molecular complexity index is 1060. The maximum atomic E-state index is 13.0. The second kappa shape index (κ2) is 8.79. The fourth-order valence-electron chi connectivity index (χ4n) is 3.47. The number of ether oxygens (including phenoxy) is 2. The summed E-state index contributed by atoms with van der Waals surface area (Å²) in [4.78, 5) is 40.8. The molecule has 4 amide bonds. The molecule has 2 aliphatic rings. The SMILES string of the molecule is COc1cc(N2CCOCC2)ccc1/C=C1/C(=O)NC(=O)N(c2ccc(Cl)cc2)C1=O. The van der Waals surface area contributed by atoms with Crippen LogP contribution < -0.4 is 19.9 Å². The minimum atomic E-state index is -0.816. The molecule has 0 saturated carbocycles. The molecule has 2 aromatic rings. The molecule has 1 N–H and O–H groups in total. The first-order valence-corrected chi connectivity index (χ1v) is 10.0. The van der Waals surface area contributed by atoms with E-state index in [0.29, 0.717) is 35.2 Å². The summed E-state index contributed by atoms with van der Waals surface area (Å²) in [6.45, 7) is 2.83. The lowest BCUT2D eigenvalue weighted by molar-refractivity contribution is -0.122. The van der Waals surface area contributed by atoms with E-state index in [1.54, 1.807) is 18.2 Å². The fraction of sp³-hybridized carbons (Fsp3) is 0.227. The number of halogens is 1. The molecule has 8 nitrogen and oxygen atoms in total. The van der Waals surface area contributed by atoms with Crippen molar-refractivity contribution in [3.05, 3.63) is 58.6 Å². The number of amides is 4. The molecule has 0 atom stereocenters. The van der Waals surface area contributed by atoms with E-state index in [0.717, 1.165) is 23.7 Å². The van der Waals surface area contributed by atoms with Crippen LogP contribution >= 0.6 is 11.6 Å². The van der Waals surface area contributed by atoms with E-state index in [9.17, 15) is 14.4 Å². The van der Waals surface area contributed by atoms with Crippen molar-refractivity contribution in [1.29, 1.82) is 0 Å². The van der Waals surface area contributed by atoms with Gasteiger partial charge < -0.3 is 14.4 Å². The topological polar surface area (TPSA) is 88.2 Å². The van der Waals surface area contributed by atoms with Crippen LogP contribution in [0.5, 0.6) is 5.75 Å². The van der Waals surface area contributed by atoms with Crippen molar-refractivity contribution in [3.63, 3.8) is 0 Å². The van der Waals surface area contributed by atoms with Crippen molar-refractivity contribution in [2.45, 2.75) is 0 Å². The van der Waals surface area contributed by atoms with Gasteiger partial charge in [0.05, 0.1) is 26.0 Å². The number of urea groups is 1. The molecule has 2 aliphatic heterocycles. The summed E-state index contributed by atoms with van der Waals surface area (Å²) in [5, 5.41) is 2.67. The maximum absolute atomic E-state index is 13.0. The molecule has 2 aromatic carbocycles. The number of carbonyl (C=O) groups excluding carboxylic acids is 3. The molecule has 0 spiro atoms. The van der Waals surface area contributed by atoms with Crippen molar-refractivity contribution >= 4 is 46.9 Å². The Morgan fingerprint density at radius 1 is 1.03 bits per heavy atom. The van der Waals surface area contributed by atoms with E-state index in [1.165, 1.54) is 25.3 Å². The van der Waals surface area contributed by atoms with Gasteiger partial charge in [-0.05, 0) is 42.5 Å². The predicted molar refractivity (Wildman–Crippen MR) is 116 cm³/mol. The van der Waals surface area contributed by atoms with E-state index < -0.39 is 17.8 Å². The summed E-state index contributed by atoms with van der Waals surface area (Å²) in [7, 11) is 1.52. The van der Waals surface area contributed by atoms with E-state index in [4.69, 9.17) is 21.1 Å². The highest BCUT2D eigenvalue weighted by molar-refractivity contribution is 6.39. The quantitative estimate of drug-likeness (QED) is 0.580. The third kappa shape index (κ3) is 4.26. The van der Waals surface area contributed by atoms with Crippen molar-refractivity contribution in [3.8, 4) is 5.75 Å². The number of carbonyl (C=O) groups is 3. The summed E-state index contributed by atoms with van der Waals surface area (Å²) < 4.78 is 10.9. The van der Waals surface area contributed by atoms with E-state index in [-0.39, 0.29) is 5.57 Å².